The Kier molecular flexibility index (Phi) is 4.05. The van der Waals surface area contributed by atoms with Gasteiger partial charge in [0, 0.05) is 32.4 Å². The van der Waals surface area contributed by atoms with Crippen molar-refractivity contribution in [1.29, 1.82) is 0 Å². The average Bonchev–Trinajstić information content (AvgIpc) is 3.09. The van der Waals surface area contributed by atoms with Crippen LogP contribution in [0.1, 0.15) is 37.4 Å². The first-order valence-electron chi connectivity index (χ1n) is 7.35. The van der Waals surface area contributed by atoms with Crippen LogP contribution < -0.4 is 0 Å². The number of aryl methyl sites for hydroxylation is 2. The molecule has 5 heteroatoms. The van der Waals surface area contributed by atoms with Crippen LogP contribution in [0.15, 0.2) is 36.5 Å². The smallest absolute Gasteiger partial charge is 0.339 e. The number of carbonyl (C=O) groups excluding carboxylic acids is 2. The summed E-state index contributed by atoms with van der Waals surface area (Å²) in [5.74, 6) is -0.659. The van der Waals surface area contributed by atoms with Crippen LogP contribution in [0.3, 0.4) is 0 Å². The number of hydrogen-bond acceptors (Lipinski definition) is 4. The van der Waals surface area contributed by atoms with E-state index < -0.39 is 12.1 Å². The van der Waals surface area contributed by atoms with Gasteiger partial charge in [-0.15, -0.1) is 11.3 Å². The molecule has 4 nitrogen and oxygen atoms in total. The number of nitrogens with one attached hydrogen (secondary N) is 1. The van der Waals surface area contributed by atoms with Crippen molar-refractivity contribution in [2.24, 2.45) is 0 Å². The lowest BCUT2D eigenvalue weighted by Gasteiger charge is -2.11. The molecule has 1 N–H and O–H groups in total. The lowest BCUT2D eigenvalue weighted by atomic mass is 10.1. The molecule has 0 spiro atoms. The second-order valence-electron chi connectivity index (χ2n) is 5.49. The summed E-state index contributed by atoms with van der Waals surface area (Å²) < 4.78 is 5.37. The fourth-order valence-electron chi connectivity index (χ4n) is 2.61. The number of fused-ring (bicyclic) bond motifs is 1. The number of ketones is 1. The Balaban J connectivity index is 1.80. The van der Waals surface area contributed by atoms with Crippen LogP contribution >= 0.6 is 11.3 Å². The van der Waals surface area contributed by atoms with Crippen LogP contribution in [-0.2, 0) is 4.74 Å². The van der Waals surface area contributed by atoms with Crippen molar-refractivity contribution < 1.29 is 14.3 Å². The number of aromatic amines is 1. The first kappa shape index (κ1) is 15.5. The van der Waals surface area contributed by atoms with E-state index in [-0.39, 0.29) is 5.78 Å². The molecule has 2 heterocycles. The van der Waals surface area contributed by atoms with Gasteiger partial charge in [0.25, 0.3) is 0 Å². The van der Waals surface area contributed by atoms with Crippen LogP contribution in [0.4, 0.5) is 0 Å². The molecule has 0 radical (unpaired) electrons. The number of thiophene rings is 1. The van der Waals surface area contributed by atoms with Crippen LogP contribution in [0, 0.1) is 13.8 Å². The summed E-state index contributed by atoms with van der Waals surface area (Å²) in [6, 6.07) is 9.35. The number of H-pyrrole nitrogens is 1. The van der Waals surface area contributed by atoms with Gasteiger partial charge in [-0.25, -0.2) is 4.79 Å². The van der Waals surface area contributed by atoms with E-state index in [4.69, 9.17) is 4.74 Å². The lowest BCUT2D eigenvalue weighted by molar-refractivity contribution is 0.0319. The molecule has 0 saturated carbocycles. The highest BCUT2D eigenvalue weighted by Gasteiger charge is 2.24. The molecule has 3 rings (SSSR count). The van der Waals surface area contributed by atoms with Gasteiger partial charge in [0.2, 0.25) is 5.78 Å². The molecule has 0 amide bonds. The minimum Gasteiger partial charge on any atom is -0.451 e. The number of aromatic nitrogens is 1. The molecule has 0 aliphatic rings. The molecule has 118 valence electrons. The molecule has 1 atom stereocenters. The Morgan fingerprint density at radius 1 is 1.17 bits per heavy atom. The van der Waals surface area contributed by atoms with E-state index in [9.17, 15) is 9.59 Å². The van der Waals surface area contributed by atoms with E-state index in [2.05, 4.69) is 4.98 Å². The third kappa shape index (κ3) is 2.92. The summed E-state index contributed by atoms with van der Waals surface area (Å²) in [5.41, 5.74) is 1.96. The van der Waals surface area contributed by atoms with Gasteiger partial charge in [-0.1, -0.05) is 18.2 Å². The van der Waals surface area contributed by atoms with Crippen LogP contribution in [0.5, 0.6) is 0 Å². The predicted octanol–water partition coefficient (Wildman–Crippen LogP) is 4.27. The molecule has 1 aromatic carbocycles. The largest absolute Gasteiger partial charge is 0.451 e. The zero-order chi connectivity index (χ0) is 16.6. The Morgan fingerprint density at radius 2 is 1.91 bits per heavy atom. The van der Waals surface area contributed by atoms with E-state index in [0.717, 1.165) is 20.7 Å². The zero-order valence-corrected chi connectivity index (χ0v) is 14.0. The van der Waals surface area contributed by atoms with Gasteiger partial charge in [0.1, 0.15) is 0 Å². The normalized spacial score (nSPS) is 12.3. The zero-order valence-electron chi connectivity index (χ0n) is 13.2. The SMILES string of the molecule is Cc1cc(C(=O)O[C@H](C)C(=O)c2c[nH]c3ccccc23)c(C)s1. The summed E-state index contributed by atoms with van der Waals surface area (Å²) >= 11 is 1.54. The number of carbonyl (C=O) groups is 2. The van der Waals surface area contributed by atoms with Crippen molar-refractivity contribution in [3.63, 3.8) is 0 Å². The fourth-order valence-corrected chi connectivity index (χ4v) is 3.52. The van der Waals surface area contributed by atoms with Crippen molar-refractivity contribution in [3.8, 4) is 0 Å². The van der Waals surface area contributed by atoms with Gasteiger partial charge in [-0.3, -0.25) is 4.79 Å². The number of para-hydroxylation sites is 1. The van der Waals surface area contributed by atoms with Gasteiger partial charge >= 0.3 is 5.97 Å². The molecule has 23 heavy (non-hydrogen) atoms. The van der Waals surface area contributed by atoms with Gasteiger partial charge in [-0.2, -0.15) is 0 Å². The van der Waals surface area contributed by atoms with E-state index in [1.165, 1.54) is 0 Å². The second kappa shape index (κ2) is 6.01. The lowest BCUT2D eigenvalue weighted by Crippen LogP contribution is -2.24. The molecule has 3 aromatic rings. The molecule has 2 aromatic heterocycles. The number of Topliss-reactive ketones (excluding diaryl/α,β-unsaturated/α-hetero) is 1. The Hall–Kier alpha value is -2.40. The van der Waals surface area contributed by atoms with Crippen LogP contribution in [0.25, 0.3) is 10.9 Å². The third-order valence-electron chi connectivity index (χ3n) is 3.77. The summed E-state index contributed by atoms with van der Waals surface area (Å²) in [6.45, 7) is 5.42. The predicted molar refractivity (Wildman–Crippen MR) is 91.3 cm³/mol. The van der Waals surface area contributed by atoms with E-state index in [1.807, 2.05) is 38.1 Å². The summed E-state index contributed by atoms with van der Waals surface area (Å²) in [7, 11) is 0. The minimum absolute atomic E-state index is 0.208. The molecule has 0 aliphatic heterocycles. The number of esters is 1. The topological polar surface area (TPSA) is 59.2 Å². The van der Waals surface area contributed by atoms with Crippen molar-refractivity contribution >= 4 is 34.0 Å². The highest BCUT2D eigenvalue weighted by molar-refractivity contribution is 7.12. The fraction of sp³-hybridized carbons (Fsp3) is 0.222. The van der Waals surface area contributed by atoms with Gasteiger partial charge < -0.3 is 9.72 Å². The van der Waals surface area contributed by atoms with Crippen molar-refractivity contribution in [3.05, 3.63) is 57.4 Å². The number of benzene rings is 1. The Morgan fingerprint density at radius 3 is 2.61 bits per heavy atom. The molecule has 0 bridgehead atoms. The van der Waals surface area contributed by atoms with Crippen LogP contribution in [0.2, 0.25) is 0 Å². The van der Waals surface area contributed by atoms with Crippen molar-refractivity contribution in [2.75, 3.05) is 0 Å². The maximum atomic E-state index is 12.6. The molecular weight excluding hydrogens is 310 g/mol. The molecule has 0 aliphatic carbocycles. The number of ether oxygens (including phenoxy) is 1. The van der Waals surface area contributed by atoms with Crippen molar-refractivity contribution in [2.45, 2.75) is 26.9 Å². The monoisotopic (exact) mass is 327 g/mol. The average molecular weight is 327 g/mol. The third-order valence-corrected chi connectivity index (χ3v) is 4.73. The minimum atomic E-state index is -0.832. The summed E-state index contributed by atoms with van der Waals surface area (Å²) in [5, 5.41) is 0.836. The molecule has 0 unspecified atom stereocenters. The number of rotatable bonds is 4. The van der Waals surface area contributed by atoms with E-state index in [0.29, 0.717) is 11.1 Å². The van der Waals surface area contributed by atoms with Gasteiger partial charge in [-0.05, 0) is 32.9 Å². The van der Waals surface area contributed by atoms with E-state index in [1.54, 1.807) is 30.5 Å². The van der Waals surface area contributed by atoms with Crippen molar-refractivity contribution in [1.82, 2.24) is 4.98 Å². The molecule has 0 fully saturated rings. The standard InChI is InChI=1S/C18H17NO3S/c1-10-8-14(12(3)23-10)18(21)22-11(2)17(20)15-9-19-16-7-5-4-6-13(15)16/h4-9,11,19H,1-3H3/t11-/m1/s1. The highest BCUT2D eigenvalue weighted by atomic mass is 32.1. The van der Waals surface area contributed by atoms with Gasteiger partial charge in [0.15, 0.2) is 6.10 Å². The van der Waals surface area contributed by atoms with Gasteiger partial charge in [0.05, 0.1) is 5.56 Å². The maximum absolute atomic E-state index is 12.6. The Bertz CT molecular complexity index is 891. The van der Waals surface area contributed by atoms with E-state index >= 15 is 0 Å². The first-order valence-corrected chi connectivity index (χ1v) is 8.17. The second-order valence-corrected chi connectivity index (χ2v) is 6.95. The quantitative estimate of drug-likeness (QED) is 0.575. The maximum Gasteiger partial charge on any atom is 0.339 e. The first-order chi connectivity index (χ1) is 11.0. The Labute approximate surface area is 138 Å². The number of hydrogen-bond donors (Lipinski definition) is 1. The summed E-state index contributed by atoms with van der Waals surface area (Å²) in [4.78, 5) is 29.8. The molecule has 0 saturated heterocycles. The summed E-state index contributed by atoms with van der Waals surface area (Å²) in [6.07, 6.45) is 0.832. The highest BCUT2D eigenvalue weighted by Crippen LogP contribution is 2.23. The molecular formula is C18H17NO3S. The van der Waals surface area contributed by atoms with Crippen LogP contribution in [-0.4, -0.2) is 22.8 Å².